The molecule has 17 heavy (non-hydrogen) atoms. The van der Waals surface area contributed by atoms with E-state index < -0.39 is 0 Å². The summed E-state index contributed by atoms with van der Waals surface area (Å²) in [6, 6.07) is 0. The van der Waals surface area contributed by atoms with E-state index in [9.17, 15) is 0 Å². The number of rotatable bonds is 7. The van der Waals surface area contributed by atoms with Gasteiger partial charge in [-0.05, 0) is 25.2 Å². The fourth-order valence-corrected chi connectivity index (χ4v) is 2.17. The van der Waals surface area contributed by atoms with Gasteiger partial charge in [0.2, 0.25) is 0 Å². The second-order valence-corrected chi connectivity index (χ2v) is 5.04. The van der Waals surface area contributed by atoms with Gasteiger partial charge in [-0.25, -0.2) is 4.68 Å². The van der Waals surface area contributed by atoms with Gasteiger partial charge in [-0.15, -0.1) is 5.10 Å². The van der Waals surface area contributed by atoms with Crippen LogP contribution in [0.2, 0.25) is 0 Å². The van der Waals surface area contributed by atoms with E-state index in [0.717, 1.165) is 31.5 Å². The number of nitrogens with zero attached hydrogens (tertiary/aromatic N) is 3. The Labute approximate surface area is 105 Å². The summed E-state index contributed by atoms with van der Waals surface area (Å²) < 4.78 is 2.07. The number of hydrogen-bond acceptors (Lipinski definition) is 3. The molecule has 0 aliphatic carbocycles. The summed E-state index contributed by atoms with van der Waals surface area (Å²) in [7, 11) is 0. The van der Waals surface area contributed by atoms with Crippen LogP contribution in [0.5, 0.6) is 0 Å². The second-order valence-electron chi connectivity index (χ2n) is 5.04. The van der Waals surface area contributed by atoms with Crippen LogP contribution in [0.4, 0.5) is 0 Å². The van der Waals surface area contributed by atoms with Crippen LogP contribution in [0.25, 0.3) is 0 Å². The first-order chi connectivity index (χ1) is 8.13. The lowest BCUT2D eigenvalue weighted by atomic mass is 9.97. The third kappa shape index (κ3) is 3.53. The summed E-state index contributed by atoms with van der Waals surface area (Å²) >= 11 is 0. The highest BCUT2D eigenvalue weighted by Crippen LogP contribution is 2.25. The molecule has 4 nitrogen and oxygen atoms in total. The van der Waals surface area contributed by atoms with Crippen LogP contribution in [0.3, 0.4) is 0 Å². The van der Waals surface area contributed by atoms with Gasteiger partial charge < -0.3 is 5.73 Å². The van der Waals surface area contributed by atoms with Gasteiger partial charge in [0.05, 0.1) is 11.4 Å². The van der Waals surface area contributed by atoms with E-state index in [1.165, 1.54) is 5.69 Å². The Morgan fingerprint density at radius 3 is 2.35 bits per heavy atom. The molecule has 1 rings (SSSR count). The van der Waals surface area contributed by atoms with Gasteiger partial charge in [-0.2, -0.15) is 0 Å². The summed E-state index contributed by atoms with van der Waals surface area (Å²) in [5.74, 6) is 1.23. The normalized spacial score (nSPS) is 11.7. The van der Waals surface area contributed by atoms with Gasteiger partial charge in [0.1, 0.15) is 0 Å². The second kappa shape index (κ2) is 6.74. The highest BCUT2D eigenvalue weighted by atomic mass is 15.4. The molecule has 0 atom stereocenters. The monoisotopic (exact) mass is 238 g/mol. The van der Waals surface area contributed by atoms with Crippen LogP contribution in [0, 0.1) is 5.92 Å². The van der Waals surface area contributed by atoms with E-state index in [1.807, 2.05) is 0 Å². The molecule has 1 aromatic rings. The summed E-state index contributed by atoms with van der Waals surface area (Å²) in [6.07, 6.45) is 3.39. The summed E-state index contributed by atoms with van der Waals surface area (Å²) in [5.41, 5.74) is 7.99. The number of hydrogen-bond donors (Lipinski definition) is 1. The molecule has 0 aliphatic rings. The molecule has 0 unspecified atom stereocenters. The van der Waals surface area contributed by atoms with Crippen molar-refractivity contribution in [3.8, 4) is 0 Å². The van der Waals surface area contributed by atoms with Crippen molar-refractivity contribution in [2.75, 3.05) is 0 Å². The van der Waals surface area contributed by atoms with E-state index in [4.69, 9.17) is 5.73 Å². The van der Waals surface area contributed by atoms with Crippen molar-refractivity contribution in [2.45, 2.75) is 66.0 Å². The lowest BCUT2D eigenvalue weighted by molar-refractivity contribution is 0.449. The Hall–Kier alpha value is -0.900. The number of nitrogens with two attached hydrogens (primary N) is 1. The maximum atomic E-state index is 5.75. The van der Waals surface area contributed by atoms with Crippen molar-refractivity contribution in [1.29, 1.82) is 0 Å². The van der Waals surface area contributed by atoms with E-state index in [1.54, 1.807) is 0 Å². The van der Waals surface area contributed by atoms with Crippen molar-refractivity contribution in [2.24, 2.45) is 11.7 Å². The molecule has 0 fully saturated rings. The first-order valence-electron chi connectivity index (χ1n) is 6.76. The predicted octanol–water partition coefficient (Wildman–Crippen LogP) is 2.69. The molecular formula is C13H26N4. The predicted molar refractivity (Wildman–Crippen MR) is 70.7 cm³/mol. The first kappa shape index (κ1) is 14.2. The molecule has 0 aromatic carbocycles. The molecule has 0 amide bonds. The molecule has 0 aliphatic heterocycles. The van der Waals surface area contributed by atoms with E-state index in [-0.39, 0.29) is 0 Å². The Morgan fingerprint density at radius 1 is 1.24 bits per heavy atom. The van der Waals surface area contributed by atoms with Crippen molar-refractivity contribution >= 4 is 0 Å². The summed E-state index contributed by atoms with van der Waals surface area (Å²) in [6.45, 7) is 10.3. The Balaban J connectivity index is 2.92. The van der Waals surface area contributed by atoms with Gasteiger partial charge in [0.15, 0.2) is 0 Å². The minimum absolute atomic E-state index is 0.494. The fraction of sp³-hybridized carbons (Fsp3) is 0.846. The zero-order valence-corrected chi connectivity index (χ0v) is 11.6. The Kier molecular flexibility index (Phi) is 5.62. The minimum atomic E-state index is 0.494. The first-order valence-corrected chi connectivity index (χ1v) is 6.76. The average Bonchev–Trinajstić information content (AvgIpc) is 2.71. The topological polar surface area (TPSA) is 56.7 Å². The molecule has 1 heterocycles. The third-order valence-corrected chi connectivity index (χ3v) is 3.33. The molecule has 1 aromatic heterocycles. The van der Waals surface area contributed by atoms with E-state index >= 15 is 0 Å². The molecule has 0 radical (unpaired) electrons. The quantitative estimate of drug-likeness (QED) is 0.794. The van der Waals surface area contributed by atoms with Crippen LogP contribution >= 0.6 is 0 Å². The number of aryl methyl sites for hydroxylation is 1. The van der Waals surface area contributed by atoms with Crippen molar-refractivity contribution < 1.29 is 0 Å². The SMILES string of the molecule is CCC(CC)c1c(CN)nnn1CCC(C)C. The smallest absolute Gasteiger partial charge is 0.0997 e. The van der Waals surface area contributed by atoms with Crippen LogP contribution < -0.4 is 5.73 Å². The maximum absolute atomic E-state index is 5.75. The van der Waals surface area contributed by atoms with Gasteiger partial charge in [0, 0.05) is 19.0 Å². The molecule has 98 valence electrons. The van der Waals surface area contributed by atoms with Gasteiger partial charge in [-0.3, -0.25) is 0 Å². The molecule has 0 saturated heterocycles. The zero-order chi connectivity index (χ0) is 12.8. The molecule has 0 bridgehead atoms. The van der Waals surface area contributed by atoms with E-state index in [0.29, 0.717) is 18.4 Å². The number of aromatic nitrogens is 3. The minimum Gasteiger partial charge on any atom is -0.325 e. The fourth-order valence-electron chi connectivity index (χ4n) is 2.17. The van der Waals surface area contributed by atoms with Crippen LogP contribution in [-0.4, -0.2) is 15.0 Å². The third-order valence-electron chi connectivity index (χ3n) is 3.33. The van der Waals surface area contributed by atoms with Crippen LogP contribution in [-0.2, 0) is 13.1 Å². The van der Waals surface area contributed by atoms with Crippen molar-refractivity contribution in [3.05, 3.63) is 11.4 Å². The van der Waals surface area contributed by atoms with Gasteiger partial charge in [-0.1, -0.05) is 32.9 Å². The summed E-state index contributed by atoms with van der Waals surface area (Å²) in [5, 5.41) is 8.48. The molecule has 2 N–H and O–H groups in total. The standard InChI is InChI=1S/C13H26N4/c1-5-11(6-2)13-12(9-14)15-16-17(13)8-7-10(3)4/h10-11H,5-9,14H2,1-4H3. The van der Waals surface area contributed by atoms with Crippen molar-refractivity contribution in [1.82, 2.24) is 15.0 Å². The highest BCUT2D eigenvalue weighted by molar-refractivity contribution is 5.15. The zero-order valence-electron chi connectivity index (χ0n) is 11.6. The van der Waals surface area contributed by atoms with Gasteiger partial charge >= 0.3 is 0 Å². The van der Waals surface area contributed by atoms with E-state index in [2.05, 4.69) is 42.7 Å². The van der Waals surface area contributed by atoms with Crippen LogP contribution in [0.15, 0.2) is 0 Å². The van der Waals surface area contributed by atoms with Crippen molar-refractivity contribution in [3.63, 3.8) is 0 Å². The molecule has 0 saturated carbocycles. The molecular weight excluding hydrogens is 212 g/mol. The lowest BCUT2D eigenvalue weighted by Crippen LogP contribution is -2.13. The van der Waals surface area contributed by atoms with Crippen LogP contribution in [0.1, 0.15) is 64.3 Å². The highest BCUT2D eigenvalue weighted by Gasteiger charge is 2.19. The van der Waals surface area contributed by atoms with Gasteiger partial charge in [0.25, 0.3) is 0 Å². The average molecular weight is 238 g/mol. The Bertz CT molecular complexity index is 326. The largest absolute Gasteiger partial charge is 0.325 e. The summed E-state index contributed by atoms with van der Waals surface area (Å²) in [4.78, 5) is 0. The maximum Gasteiger partial charge on any atom is 0.0997 e. The Morgan fingerprint density at radius 2 is 1.88 bits per heavy atom. The molecule has 4 heteroatoms. The molecule has 0 spiro atoms. The lowest BCUT2D eigenvalue weighted by Gasteiger charge is -2.16.